The summed E-state index contributed by atoms with van der Waals surface area (Å²) < 4.78 is 0. The summed E-state index contributed by atoms with van der Waals surface area (Å²) in [6.07, 6.45) is 0.934. The van der Waals surface area contributed by atoms with E-state index in [2.05, 4.69) is 16.0 Å². The van der Waals surface area contributed by atoms with Crippen molar-refractivity contribution in [3.05, 3.63) is 29.8 Å². The van der Waals surface area contributed by atoms with Crippen LogP contribution in [-0.4, -0.2) is 31.4 Å². The third kappa shape index (κ3) is 4.35. The van der Waals surface area contributed by atoms with Gasteiger partial charge in [0.05, 0.1) is 6.42 Å². The highest BCUT2D eigenvalue weighted by Gasteiger charge is 2.19. The molecule has 0 atom stereocenters. The lowest BCUT2D eigenvalue weighted by Crippen LogP contribution is -2.43. The largest absolute Gasteiger partial charge is 0.356 e. The third-order valence-electron chi connectivity index (χ3n) is 3.32. The average molecular weight is 275 g/mol. The Bertz CT molecular complexity index is 467. The van der Waals surface area contributed by atoms with E-state index >= 15 is 0 Å². The van der Waals surface area contributed by atoms with Gasteiger partial charge in [-0.15, -0.1) is 0 Å². The molecule has 108 valence electrons. The SMILES string of the molecule is CCNC(=O)Cc1ccc(NC(=O)CC2CNC2)cc1. The van der Waals surface area contributed by atoms with E-state index in [0.717, 1.165) is 24.3 Å². The maximum Gasteiger partial charge on any atom is 0.224 e. The van der Waals surface area contributed by atoms with E-state index in [0.29, 0.717) is 25.3 Å². The second kappa shape index (κ2) is 7.05. The molecule has 0 radical (unpaired) electrons. The fourth-order valence-electron chi connectivity index (χ4n) is 2.12. The molecule has 1 aliphatic rings. The van der Waals surface area contributed by atoms with Crippen LogP contribution < -0.4 is 16.0 Å². The van der Waals surface area contributed by atoms with E-state index < -0.39 is 0 Å². The van der Waals surface area contributed by atoms with Crippen LogP contribution in [0, 0.1) is 5.92 Å². The van der Waals surface area contributed by atoms with Gasteiger partial charge in [-0.1, -0.05) is 12.1 Å². The summed E-state index contributed by atoms with van der Waals surface area (Å²) in [4.78, 5) is 23.2. The molecule has 1 fully saturated rings. The van der Waals surface area contributed by atoms with Gasteiger partial charge in [-0.3, -0.25) is 9.59 Å². The quantitative estimate of drug-likeness (QED) is 0.723. The van der Waals surface area contributed by atoms with Crippen molar-refractivity contribution in [1.29, 1.82) is 0 Å². The molecule has 0 aliphatic carbocycles. The molecule has 3 N–H and O–H groups in total. The molecule has 2 amide bonds. The van der Waals surface area contributed by atoms with Gasteiger partial charge in [-0.25, -0.2) is 0 Å². The summed E-state index contributed by atoms with van der Waals surface area (Å²) in [5.41, 5.74) is 1.72. The summed E-state index contributed by atoms with van der Waals surface area (Å²) in [5, 5.41) is 8.79. The summed E-state index contributed by atoms with van der Waals surface area (Å²) in [7, 11) is 0. The highest BCUT2D eigenvalue weighted by molar-refractivity contribution is 5.91. The highest BCUT2D eigenvalue weighted by atomic mass is 16.2. The van der Waals surface area contributed by atoms with Gasteiger partial charge in [0.2, 0.25) is 11.8 Å². The Morgan fingerprint density at radius 2 is 1.90 bits per heavy atom. The van der Waals surface area contributed by atoms with Gasteiger partial charge >= 0.3 is 0 Å². The van der Waals surface area contributed by atoms with Crippen molar-refractivity contribution in [2.24, 2.45) is 5.92 Å². The van der Waals surface area contributed by atoms with Gasteiger partial charge < -0.3 is 16.0 Å². The van der Waals surface area contributed by atoms with Crippen molar-refractivity contribution in [2.45, 2.75) is 19.8 Å². The maximum atomic E-state index is 11.8. The lowest BCUT2D eigenvalue weighted by atomic mass is 9.99. The first-order valence-electron chi connectivity index (χ1n) is 7.03. The number of hydrogen-bond donors (Lipinski definition) is 3. The van der Waals surface area contributed by atoms with E-state index in [1.54, 1.807) is 0 Å². The molecule has 1 saturated heterocycles. The Morgan fingerprint density at radius 1 is 1.20 bits per heavy atom. The molecule has 0 spiro atoms. The second-order valence-electron chi connectivity index (χ2n) is 5.10. The van der Waals surface area contributed by atoms with E-state index in [4.69, 9.17) is 0 Å². The number of carbonyl (C=O) groups is 2. The Kier molecular flexibility index (Phi) is 5.12. The summed E-state index contributed by atoms with van der Waals surface area (Å²) in [6, 6.07) is 7.42. The monoisotopic (exact) mass is 275 g/mol. The lowest BCUT2D eigenvalue weighted by Gasteiger charge is -2.26. The van der Waals surface area contributed by atoms with Gasteiger partial charge in [0.15, 0.2) is 0 Å². The Hall–Kier alpha value is -1.88. The van der Waals surface area contributed by atoms with Crippen LogP contribution >= 0.6 is 0 Å². The molecule has 1 heterocycles. The van der Waals surface area contributed by atoms with E-state index in [9.17, 15) is 9.59 Å². The fraction of sp³-hybridized carbons (Fsp3) is 0.467. The van der Waals surface area contributed by atoms with Gasteiger partial charge in [0.1, 0.15) is 0 Å². The van der Waals surface area contributed by atoms with Gasteiger partial charge in [0.25, 0.3) is 0 Å². The maximum absolute atomic E-state index is 11.8. The van der Waals surface area contributed by atoms with Gasteiger partial charge in [-0.05, 0) is 43.6 Å². The number of carbonyl (C=O) groups excluding carboxylic acids is 2. The molecule has 1 aromatic rings. The number of hydrogen-bond acceptors (Lipinski definition) is 3. The van der Waals surface area contributed by atoms with Crippen LogP contribution in [0.25, 0.3) is 0 Å². The predicted octanol–water partition coefficient (Wildman–Crippen LogP) is 0.913. The molecule has 20 heavy (non-hydrogen) atoms. The predicted molar refractivity (Wildman–Crippen MR) is 78.4 cm³/mol. The van der Waals surface area contributed by atoms with E-state index in [-0.39, 0.29) is 11.8 Å². The number of nitrogens with one attached hydrogen (secondary N) is 3. The molecule has 0 saturated carbocycles. The topological polar surface area (TPSA) is 70.2 Å². The van der Waals surface area contributed by atoms with Crippen molar-refractivity contribution < 1.29 is 9.59 Å². The molecule has 5 nitrogen and oxygen atoms in total. The lowest BCUT2D eigenvalue weighted by molar-refractivity contribution is -0.120. The molecular weight excluding hydrogens is 254 g/mol. The number of anilines is 1. The van der Waals surface area contributed by atoms with Crippen LogP contribution in [0.1, 0.15) is 18.9 Å². The number of amides is 2. The molecule has 0 aromatic heterocycles. The van der Waals surface area contributed by atoms with Crippen LogP contribution in [0.2, 0.25) is 0 Å². The molecule has 5 heteroatoms. The van der Waals surface area contributed by atoms with Crippen LogP contribution in [0.5, 0.6) is 0 Å². The molecule has 1 aliphatic heterocycles. The Morgan fingerprint density at radius 3 is 2.45 bits per heavy atom. The number of benzene rings is 1. The Balaban J connectivity index is 1.81. The first-order valence-corrected chi connectivity index (χ1v) is 7.03. The molecule has 0 unspecified atom stereocenters. The first kappa shape index (κ1) is 14.5. The third-order valence-corrected chi connectivity index (χ3v) is 3.32. The number of likely N-dealkylation sites (N-methyl/N-ethyl adjacent to an activating group) is 1. The van der Waals surface area contributed by atoms with Gasteiger partial charge in [0, 0.05) is 18.7 Å². The van der Waals surface area contributed by atoms with E-state index in [1.165, 1.54) is 0 Å². The van der Waals surface area contributed by atoms with Crippen LogP contribution in [0.4, 0.5) is 5.69 Å². The molecular formula is C15H21N3O2. The average Bonchev–Trinajstić information content (AvgIpc) is 2.37. The summed E-state index contributed by atoms with van der Waals surface area (Å²) in [5.74, 6) is 0.529. The zero-order valence-electron chi connectivity index (χ0n) is 11.7. The minimum atomic E-state index is 0.0155. The molecule has 0 bridgehead atoms. The number of rotatable bonds is 6. The van der Waals surface area contributed by atoms with Crippen molar-refractivity contribution >= 4 is 17.5 Å². The van der Waals surface area contributed by atoms with Crippen LogP contribution in [0.3, 0.4) is 0 Å². The normalized spacial score (nSPS) is 14.4. The summed E-state index contributed by atoms with van der Waals surface area (Å²) in [6.45, 7) is 4.40. The van der Waals surface area contributed by atoms with Crippen LogP contribution in [-0.2, 0) is 16.0 Å². The molecule has 2 rings (SSSR count). The first-order chi connectivity index (χ1) is 9.67. The summed E-state index contributed by atoms with van der Waals surface area (Å²) >= 11 is 0. The highest BCUT2D eigenvalue weighted by Crippen LogP contribution is 2.13. The standard InChI is InChI=1S/C15H21N3O2/c1-2-17-14(19)7-11-3-5-13(6-4-11)18-15(20)8-12-9-16-10-12/h3-6,12,16H,2,7-10H2,1H3,(H,17,19)(H,18,20). The van der Waals surface area contributed by atoms with Gasteiger partial charge in [-0.2, -0.15) is 0 Å². The fourth-order valence-corrected chi connectivity index (χ4v) is 2.12. The van der Waals surface area contributed by atoms with Crippen molar-refractivity contribution in [2.75, 3.05) is 25.0 Å². The molecule has 1 aromatic carbocycles. The minimum Gasteiger partial charge on any atom is -0.356 e. The zero-order valence-corrected chi connectivity index (χ0v) is 11.7. The Labute approximate surface area is 119 Å². The van der Waals surface area contributed by atoms with Crippen molar-refractivity contribution in [3.8, 4) is 0 Å². The second-order valence-corrected chi connectivity index (χ2v) is 5.10. The van der Waals surface area contributed by atoms with Crippen molar-refractivity contribution in [3.63, 3.8) is 0 Å². The van der Waals surface area contributed by atoms with E-state index in [1.807, 2.05) is 31.2 Å². The smallest absolute Gasteiger partial charge is 0.224 e. The van der Waals surface area contributed by atoms with Crippen LogP contribution in [0.15, 0.2) is 24.3 Å². The van der Waals surface area contributed by atoms with Crippen molar-refractivity contribution in [1.82, 2.24) is 10.6 Å². The minimum absolute atomic E-state index is 0.0155. The zero-order chi connectivity index (χ0) is 14.4.